The minimum atomic E-state index is -0.679. The van der Waals surface area contributed by atoms with Crippen LogP contribution in [0.25, 0.3) is 0 Å². The fourth-order valence-corrected chi connectivity index (χ4v) is 2.34. The van der Waals surface area contributed by atoms with Crippen molar-refractivity contribution in [2.75, 3.05) is 5.32 Å². The summed E-state index contributed by atoms with van der Waals surface area (Å²) in [4.78, 5) is 11.2. The maximum Gasteiger partial charge on any atom is 0.248 e. The highest BCUT2D eigenvalue weighted by molar-refractivity contribution is 6.35. The minimum Gasteiger partial charge on any atom is -0.381 e. The lowest BCUT2D eigenvalue weighted by Gasteiger charge is -2.12. The predicted molar refractivity (Wildman–Crippen MR) is 83.4 cm³/mol. The molecule has 21 heavy (non-hydrogen) atoms. The van der Waals surface area contributed by atoms with Crippen LogP contribution >= 0.6 is 23.2 Å². The highest BCUT2D eigenvalue weighted by Crippen LogP contribution is 2.24. The highest BCUT2D eigenvalue weighted by Gasteiger charge is 2.11. The van der Waals surface area contributed by atoms with E-state index in [4.69, 9.17) is 28.9 Å². The average Bonchev–Trinajstić information content (AvgIpc) is 2.41. The molecule has 3 N–H and O–H groups in total. The van der Waals surface area contributed by atoms with Crippen LogP contribution in [0.5, 0.6) is 0 Å². The van der Waals surface area contributed by atoms with Crippen molar-refractivity contribution < 1.29 is 9.18 Å². The lowest BCUT2D eigenvalue weighted by Crippen LogP contribution is -2.13. The molecule has 3 nitrogen and oxygen atoms in total. The molecule has 2 aromatic rings. The van der Waals surface area contributed by atoms with Gasteiger partial charge < -0.3 is 11.1 Å². The van der Waals surface area contributed by atoms with Crippen molar-refractivity contribution >= 4 is 34.8 Å². The summed E-state index contributed by atoms with van der Waals surface area (Å²) in [6.45, 7) is 1.99. The second-order valence-electron chi connectivity index (χ2n) is 4.58. The third kappa shape index (κ3) is 3.65. The molecule has 1 amide bonds. The molecule has 110 valence electrons. The van der Waals surface area contributed by atoms with Gasteiger partial charge in [0, 0.05) is 33.4 Å². The standard InChI is InChI=1S/C15H13Cl2FN2O/c1-8-13(18)4-10(15(19)21)5-14(8)20-7-9-2-3-11(16)6-12(9)17/h2-6,20H,7H2,1H3,(H2,19,21). The number of nitrogens with one attached hydrogen (secondary N) is 1. The third-order valence-electron chi connectivity index (χ3n) is 3.11. The van der Waals surface area contributed by atoms with E-state index in [0.29, 0.717) is 27.8 Å². The number of halogens is 3. The van der Waals surface area contributed by atoms with Gasteiger partial charge in [0.1, 0.15) is 5.82 Å². The van der Waals surface area contributed by atoms with Gasteiger partial charge in [-0.05, 0) is 36.8 Å². The van der Waals surface area contributed by atoms with Crippen molar-refractivity contribution in [3.05, 3.63) is 62.9 Å². The maximum absolute atomic E-state index is 13.8. The minimum absolute atomic E-state index is 0.114. The van der Waals surface area contributed by atoms with Gasteiger partial charge in [-0.1, -0.05) is 29.3 Å². The van der Waals surface area contributed by atoms with Crippen molar-refractivity contribution in [2.24, 2.45) is 5.73 Å². The summed E-state index contributed by atoms with van der Waals surface area (Å²) < 4.78 is 13.8. The molecular formula is C15H13Cl2FN2O. The van der Waals surface area contributed by atoms with Crippen molar-refractivity contribution in [2.45, 2.75) is 13.5 Å². The van der Waals surface area contributed by atoms with Crippen LogP contribution in [0.2, 0.25) is 10.0 Å². The van der Waals surface area contributed by atoms with E-state index < -0.39 is 11.7 Å². The van der Waals surface area contributed by atoms with Crippen molar-refractivity contribution in [1.29, 1.82) is 0 Å². The zero-order chi connectivity index (χ0) is 15.6. The molecule has 0 aromatic heterocycles. The number of hydrogen-bond acceptors (Lipinski definition) is 2. The number of benzene rings is 2. The van der Waals surface area contributed by atoms with Gasteiger partial charge in [0.2, 0.25) is 5.91 Å². The van der Waals surface area contributed by atoms with E-state index in [0.717, 1.165) is 11.6 Å². The average molecular weight is 327 g/mol. The molecule has 6 heteroatoms. The van der Waals surface area contributed by atoms with Crippen molar-refractivity contribution in [3.8, 4) is 0 Å². The van der Waals surface area contributed by atoms with E-state index in [9.17, 15) is 9.18 Å². The first-order valence-corrected chi connectivity index (χ1v) is 6.92. The Kier molecular flexibility index (Phi) is 4.70. The Bertz CT molecular complexity index is 704. The lowest BCUT2D eigenvalue weighted by atomic mass is 10.1. The smallest absolute Gasteiger partial charge is 0.248 e. The molecule has 2 aromatic carbocycles. The first-order chi connectivity index (χ1) is 9.88. The van der Waals surface area contributed by atoms with Crippen LogP contribution in [0, 0.1) is 12.7 Å². The zero-order valence-electron chi connectivity index (χ0n) is 11.2. The predicted octanol–water partition coefficient (Wildman–Crippen LogP) is 4.15. The normalized spacial score (nSPS) is 10.5. The molecule has 0 atom stereocenters. The van der Waals surface area contributed by atoms with Gasteiger partial charge in [-0.25, -0.2) is 4.39 Å². The van der Waals surface area contributed by atoms with Crippen LogP contribution in [0.3, 0.4) is 0 Å². The molecule has 0 bridgehead atoms. The van der Waals surface area contributed by atoms with Crippen LogP contribution in [0.4, 0.5) is 10.1 Å². The fourth-order valence-electron chi connectivity index (χ4n) is 1.86. The Balaban J connectivity index is 2.25. The Hall–Kier alpha value is -1.78. The second-order valence-corrected chi connectivity index (χ2v) is 5.43. The van der Waals surface area contributed by atoms with E-state index in [1.165, 1.54) is 6.07 Å². The van der Waals surface area contributed by atoms with Gasteiger partial charge in [0.05, 0.1) is 0 Å². The Labute approximate surface area is 131 Å². The molecule has 0 aliphatic rings. The number of rotatable bonds is 4. The van der Waals surface area contributed by atoms with Crippen LogP contribution in [-0.2, 0) is 6.54 Å². The van der Waals surface area contributed by atoms with Crippen LogP contribution in [-0.4, -0.2) is 5.91 Å². The number of amides is 1. The molecule has 0 heterocycles. The van der Waals surface area contributed by atoms with Gasteiger partial charge in [0.15, 0.2) is 0 Å². The summed E-state index contributed by atoms with van der Waals surface area (Å²) in [5.74, 6) is -1.17. The lowest BCUT2D eigenvalue weighted by molar-refractivity contribution is 0.1000. The van der Waals surface area contributed by atoms with E-state index in [-0.39, 0.29) is 5.56 Å². The molecule has 0 aliphatic heterocycles. The summed E-state index contributed by atoms with van der Waals surface area (Å²) >= 11 is 11.9. The quantitative estimate of drug-likeness (QED) is 0.886. The summed E-state index contributed by atoms with van der Waals surface area (Å²) in [6.07, 6.45) is 0. The number of carbonyl (C=O) groups excluding carboxylic acids is 1. The van der Waals surface area contributed by atoms with E-state index in [2.05, 4.69) is 5.32 Å². The summed E-state index contributed by atoms with van der Waals surface area (Å²) in [5, 5.41) is 4.11. The Morgan fingerprint density at radius 1 is 1.29 bits per heavy atom. The molecular weight excluding hydrogens is 314 g/mol. The largest absolute Gasteiger partial charge is 0.381 e. The molecule has 0 saturated heterocycles. The SMILES string of the molecule is Cc1c(F)cc(C(N)=O)cc1NCc1ccc(Cl)cc1Cl. The third-order valence-corrected chi connectivity index (χ3v) is 3.70. The second kappa shape index (κ2) is 6.33. The van der Waals surface area contributed by atoms with Crippen LogP contribution < -0.4 is 11.1 Å². The van der Waals surface area contributed by atoms with Crippen molar-refractivity contribution in [1.82, 2.24) is 0 Å². The monoisotopic (exact) mass is 326 g/mol. The first-order valence-electron chi connectivity index (χ1n) is 6.16. The van der Waals surface area contributed by atoms with Crippen molar-refractivity contribution in [3.63, 3.8) is 0 Å². The van der Waals surface area contributed by atoms with Gasteiger partial charge in [0.25, 0.3) is 0 Å². The Morgan fingerprint density at radius 3 is 2.62 bits per heavy atom. The van der Waals surface area contributed by atoms with Crippen LogP contribution in [0.1, 0.15) is 21.5 Å². The van der Waals surface area contributed by atoms with Gasteiger partial charge in [-0.2, -0.15) is 0 Å². The number of nitrogens with two attached hydrogens (primary N) is 1. The summed E-state index contributed by atoms with van der Waals surface area (Å²) in [5.41, 5.74) is 7.01. The first kappa shape index (κ1) is 15.6. The highest BCUT2D eigenvalue weighted by atomic mass is 35.5. The van der Waals surface area contributed by atoms with Gasteiger partial charge >= 0.3 is 0 Å². The van der Waals surface area contributed by atoms with Crippen LogP contribution in [0.15, 0.2) is 30.3 Å². The Morgan fingerprint density at radius 2 is 2.00 bits per heavy atom. The number of anilines is 1. The van der Waals surface area contributed by atoms with Gasteiger partial charge in [-0.15, -0.1) is 0 Å². The van der Waals surface area contributed by atoms with E-state index in [1.54, 1.807) is 25.1 Å². The van der Waals surface area contributed by atoms with Gasteiger partial charge in [-0.3, -0.25) is 4.79 Å². The number of primary amides is 1. The fraction of sp³-hybridized carbons (Fsp3) is 0.133. The number of carbonyl (C=O) groups is 1. The molecule has 2 rings (SSSR count). The summed E-state index contributed by atoms with van der Waals surface area (Å²) in [7, 11) is 0. The molecule has 0 radical (unpaired) electrons. The molecule has 0 unspecified atom stereocenters. The summed E-state index contributed by atoms with van der Waals surface area (Å²) in [6, 6.07) is 7.77. The number of hydrogen-bond donors (Lipinski definition) is 2. The molecule has 0 fully saturated rings. The topological polar surface area (TPSA) is 55.1 Å². The molecule has 0 aliphatic carbocycles. The molecule has 0 saturated carbocycles. The zero-order valence-corrected chi connectivity index (χ0v) is 12.7. The van der Waals surface area contributed by atoms with E-state index in [1.807, 2.05) is 0 Å². The van der Waals surface area contributed by atoms with E-state index >= 15 is 0 Å². The maximum atomic E-state index is 13.8. The molecule has 0 spiro atoms.